The molecule has 1 aliphatic rings. The maximum Gasteiger partial charge on any atom is 0.0600 e. The van der Waals surface area contributed by atoms with Crippen LogP contribution in [0.15, 0.2) is 0 Å². The quantitative estimate of drug-likeness (QED) is 0.568. The van der Waals surface area contributed by atoms with Crippen LogP contribution >= 0.6 is 0 Å². The van der Waals surface area contributed by atoms with Gasteiger partial charge in [-0.3, -0.25) is 0 Å². The molecule has 11 heavy (non-hydrogen) atoms. The van der Waals surface area contributed by atoms with Crippen molar-refractivity contribution in [3.05, 3.63) is 0 Å². The third kappa shape index (κ3) is 2.82. The smallest absolute Gasteiger partial charge is 0.0600 e. The Morgan fingerprint density at radius 2 is 2.18 bits per heavy atom. The minimum Gasteiger partial charge on any atom is -0.378 e. The highest BCUT2D eigenvalue weighted by Gasteiger charge is 2.23. The second-order valence-electron chi connectivity index (χ2n) is 3.67. The lowest BCUT2D eigenvalue weighted by molar-refractivity contribution is 0.0311. The first-order valence-corrected chi connectivity index (χ1v) is 4.96. The van der Waals surface area contributed by atoms with E-state index in [2.05, 4.69) is 13.8 Å². The summed E-state index contributed by atoms with van der Waals surface area (Å²) in [6.45, 7) is 5.50. The molecule has 0 spiro atoms. The molecule has 1 fully saturated rings. The Morgan fingerprint density at radius 1 is 1.36 bits per heavy atom. The van der Waals surface area contributed by atoms with Crippen LogP contribution in [0.3, 0.4) is 0 Å². The van der Waals surface area contributed by atoms with E-state index >= 15 is 0 Å². The van der Waals surface area contributed by atoms with Crippen LogP contribution in [0.2, 0.25) is 0 Å². The van der Waals surface area contributed by atoms with E-state index in [0.717, 1.165) is 12.5 Å². The summed E-state index contributed by atoms with van der Waals surface area (Å²) in [5, 5.41) is 0. The number of hydrogen-bond donors (Lipinski definition) is 0. The van der Waals surface area contributed by atoms with Gasteiger partial charge in [-0.25, -0.2) is 0 Å². The van der Waals surface area contributed by atoms with Gasteiger partial charge in [-0.15, -0.1) is 0 Å². The van der Waals surface area contributed by atoms with E-state index in [0.29, 0.717) is 6.10 Å². The lowest BCUT2D eigenvalue weighted by atomic mass is 10.1. The van der Waals surface area contributed by atoms with Crippen LogP contribution in [0.1, 0.15) is 46.0 Å². The van der Waals surface area contributed by atoms with Crippen LogP contribution in [0.25, 0.3) is 0 Å². The van der Waals surface area contributed by atoms with Crippen LogP contribution in [-0.4, -0.2) is 12.7 Å². The standard InChI is InChI=1S/C10H20O/c1-3-4-8-11-10-7-5-6-9(10)2/h9-10H,3-8H2,1-2H3/t9?,10-/m0/s1. The van der Waals surface area contributed by atoms with Crippen molar-refractivity contribution >= 4 is 0 Å². The number of ether oxygens (including phenoxy) is 1. The fraction of sp³-hybridized carbons (Fsp3) is 1.00. The fourth-order valence-electron chi connectivity index (χ4n) is 1.74. The highest BCUT2D eigenvalue weighted by Crippen LogP contribution is 2.27. The van der Waals surface area contributed by atoms with Crippen molar-refractivity contribution in [3.8, 4) is 0 Å². The number of unbranched alkanes of at least 4 members (excludes halogenated alkanes) is 1. The highest BCUT2D eigenvalue weighted by atomic mass is 16.5. The van der Waals surface area contributed by atoms with E-state index in [-0.39, 0.29) is 0 Å². The van der Waals surface area contributed by atoms with Gasteiger partial charge >= 0.3 is 0 Å². The van der Waals surface area contributed by atoms with E-state index in [4.69, 9.17) is 4.74 Å². The van der Waals surface area contributed by atoms with Crippen molar-refractivity contribution in [2.45, 2.75) is 52.1 Å². The van der Waals surface area contributed by atoms with Gasteiger partial charge < -0.3 is 4.74 Å². The lowest BCUT2D eigenvalue weighted by Crippen LogP contribution is -2.16. The Balaban J connectivity index is 2.05. The minimum atomic E-state index is 0.585. The highest BCUT2D eigenvalue weighted by molar-refractivity contribution is 4.74. The van der Waals surface area contributed by atoms with Crippen LogP contribution in [0.5, 0.6) is 0 Å². The van der Waals surface area contributed by atoms with E-state index in [1.807, 2.05) is 0 Å². The molecular formula is C10H20O. The summed E-state index contributed by atoms with van der Waals surface area (Å²) in [5.41, 5.74) is 0. The van der Waals surface area contributed by atoms with E-state index in [1.54, 1.807) is 0 Å². The molecule has 0 heterocycles. The van der Waals surface area contributed by atoms with Gasteiger partial charge in [0.2, 0.25) is 0 Å². The topological polar surface area (TPSA) is 9.23 Å². The molecule has 0 bridgehead atoms. The Morgan fingerprint density at radius 3 is 2.73 bits per heavy atom. The van der Waals surface area contributed by atoms with Crippen molar-refractivity contribution in [3.63, 3.8) is 0 Å². The molecule has 0 aromatic heterocycles. The maximum absolute atomic E-state index is 5.76. The number of hydrogen-bond acceptors (Lipinski definition) is 1. The van der Waals surface area contributed by atoms with Gasteiger partial charge in [-0.05, 0) is 25.2 Å². The molecule has 0 aromatic carbocycles. The molecular weight excluding hydrogens is 136 g/mol. The molecule has 1 rings (SSSR count). The number of rotatable bonds is 4. The zero-order chi connectivity index (χ0) is 8.10. The lowest BCUT2D eigenvalue weighted by Gasteiger charge is -2.15. The molecule has 1 nitrogen and oxygen atoms in total. The van der Waals surface area contributed by atoms with Crippen molar-refractivity contribution in [2.75, 3.05) is 6.61 Å². The summed E-state index contributed by atoms with van der Waals surface area (Å²) in [6, 6.07) is 0. The fourth-order valence-corrected chi connectivity index (χ4v) is 1.74. The summed E-state index contributed by atoms with van der Waals surface area (Å²) >= 11 is 0. The molecule has 0 N–H and O–H groups in total. The summed E-state index contributed by atoms with van der Waals surface area (Å²) < 4.78 is 5.76. The Labute approximate surface area is 70.1 Å². The predicted molar refractivity (Wildman–Crippen MR) is 47.7 cm³/mol. The molecule has 0 aliphatic heterocycles. The Kier molecular flexibility index (Phi) is 3.92. The summed E-state index contributed by atoms with van der Waals surface area (Å²) in [6.07, 6.45) is 7.10. The van der Waals surface area contributed by atoms with Gasteiger partial charge in [0.25, 0.3) is 0 Å². The molecule has 66 valence electrons. The average Bonchev–Trinajstić information content (AvgIpc) is 2.37. The van der Waals surface area contributed by atoms with Gasteiger partial charge in [0, 0.05) is 6.61 Å². The van der Waals surface area contributed by atoms with Gasteiger partial charge in [0.15, 0.2) is 0 Å². The average molecular weight is 156 g/mol. The Hall–Kier alpha value is -0.0400. The van der Waals surface area contributed by atoms with Gasteiger partial charge in [0.1, 0.15) is 0 Å². The molecule has 0 saturated heterocycles. The summed E-state index contributed by atoms with van der Waals surface area (Å²) in [5.74, 6) is 0.812. The van der Waals surface area contributed by atoms with Gasteiger partial charge in [0.05, 0.1) is 6.10 Å². The minimum absolute atomic E-state index is 0.585. The molecule has 0 radical (unpaired) electrons. The first-order chi connectivity index (χ1) is 5.34. The zero-order valence-corrected chi connectivity index (χ0v) is 7.81. The first-order valence-electron chi connectivity index (χ1n) is 4.96. The second-order valence-corrected chi connectivity index (χ2v) is 3.67. The Bertz CT molecular complexity index is 101. The first kappa shape index (κ1) is 9.05. The summed E-state index contributed by atoms with van der Waals surface area (Å²) in [4.78, 5) is 0. The normalized spacial score (nSPS) is 31.1. The van der Waals surface area contributed by atoms with Crippen LogP contribution in [-0.2, 0) is 4.74 Å². The van der Waals surface area contributed by atoms with Crippen molar-refractivity contribution in [2.24, 2.45) is 5.92 Å². The molecule has 0 amide bonds. The molecule has 0 aromatic rings. The van der Waals surface area contributed by atoms with Crippen LogP contribution in [0.4, 0.5) is 0 Å². The van der Waals surface area contributed by atoms with Crippen LogP contribution in [0, 0.1) is 5.92 Å². The SMILES string of the molecule is CCCCO[C@H]1CCCC1C. The van der Waals surface area contributed by atoms with E-state index in [1.165, 1.54) is 32.1 Å². The summed E-state index contributed by atoms with van der Waals surface area (Å²) in [7, 11) is 0. The van der Waals surface area contributed by atoms with Crippen LogP contribution < -0.4 is 0 Å². The van der Waals surface area contributed by atoms with Crippen molar-refractivity contribution in [1.29, 1.82) is 0 Å². The van der Waals surface area contributed by atoms with E-state index in [9.17, 15) is 0 Å². The predicted octanol–water partition coefficient (Wildman–Crippen LogP) is 2.99. The third-order valence-corrected chi connectivity index (χ3v) is 2.61. The van der Waals surface area contributed by atoms with Gasteiger partial charge in [-0.1, -0.05) is 26.7 Å². The molecule has 1 unspecified atom stereocenters. The maximum atomic E-state index is 5.76. The zero-order valence-electron chi connectivity index (χ0n) is 7.81. The van der Waals surface area contributed by atoms with Gasteiger partial charge in [-0.2, -0.15) is 0 Å². The molecule has 2 atom stereocenters. The molecule has 1 heteroatoms. The second kappa shape index (κ2) is 4.76. The van der Waals surface area contributed by atoms with Crippen molar-refractivity contribution in [1.82, 2.24) is 0 Å². The molecule has 1 saturated carbocycles. The van der Waals surface area contributed by atoms with E-state index < -0.39 is 0 Å². The van der Waals surface area contributed by atoms with Crippen molar-refractivity contribution < 1.29 is 4.74 Å². The largest absolute Gasteiger partial charge is 0.378 e. The monoisotopic (exact) mass is 156 g/mol. The molecule has 1 aliphatic carbocycles. The third-order valence-electron chi connectivity index (χ3n) is 2.61.